The highest BCUT2D eigenvalue weighted by atomic mass is 32.2. The number of amides is 6. The lowest BCUT2D eigenvalue weighted by atomic mass is 10.1. The molecular formula is C30H52N10O8S2. The van der Waals surface area contributed by atoms with Crippen molar-refractivity contribution in [1.29, 1.82) is 5.41 Å². The molecule has 0 radical (unpaired) electrons. The fourth-order valence-electron chi connectivity index (χ4n) is 5.78. The van der Waals surface area contributed by atoms with Gasteiger partial charge in [0.25, 0.3) is 0 Å². The molecule has 0 bridgehead atoms. The predicted octanol–water partition coefficient (Wildman–Crippen LogP) is -2.65. The van der Waals surface area contributed by atoms with E-state index in [-0.39, 0.29) is 50.8 Å². The van der Waals surface area contributed by atoms with Gasteiger partial charge in [0.1, 0.15) is 30.2 Å². The smallest absolute Gasteiger partial charge is 0.326 e. The van der Waals surface area contributed by atoms with Gasteiger partial charge in [0.2, 0.25) is 35.4 Å². The summed E-state index contributed by atoms with van der Waals surface area (Å²) in [4.78, 5) is 92.9. The summed E-state index contributed by atoms with van der Waals surface area (Å²) in [5, 5.41) is 30.0. The molecule has 282 valence electrons. The molecule has 2 aliphatic heterocycles. The Balaban J connectivity index is 2.06. The van der Waals surface area contributed by atoms with Gasteiger partial charge in [-0.15, -0.1) is 0 Å². The average molecular weight is 745 g/mol. The van der Waals surface area contributed by atoms with E-state index in [0.29, 0.717) is 50.2 Å². The molecular weight excluding hydrogens is 693 g/mol. The normalized spacial score (nSPS) is 18.8. The third-order valence-electron chi connectivity index (χ3n) is 8.43. The maximum absolute atomic E-state index is 13.5. The number of nitrogens with zero attached hydrogens (tertiary/aromatic N) is 2. The van der Waals surface area contributed by atoms with Crippen LogP contribution in [0.2, 0.25) is 0 Å². The molecule has 0 aromatic carbocycles. The van der Waals surface area contributed by atoms with E-state index in [4.69, 9.17) is 16.9 Å². The minimum atomic E-state index is -1.21. The number of carboxylic acid groups (broad SMARTS) is 1. The van der Waals surface area contributed by atoms with Crippen LogP contribution in [0.3, 0.4) is 0 Å². The van der Waals surface area contributed by atoms with Gasteiger partial charge in [0.05, 0.1) is 13.1 Å². The fourth-order valence-corrected chi connectivity index (χ4v) is 6.73. The molecule has 0 aliphatic carbocycles. The Labute approximate surface area is 300 Å². The summed E-state index contributed by atoms with van der Waals surface area (Å²) >= 11 is 2.90. The quantitative estimate of drug-likeness (QED) is 0.0330. The van der Waals surface area contributed by atoms with E-state index in [1.54, 1.807) is 0 Å². The van der Waals surface area contributed by atoms with Crippen molar-refractivity contribution in [2.45, 2.75) is 81.6 Å². The minimum Gasteiger partial charge on any atom is -0.480 e. The summed E-state index contributed by atoms with van der Waals surface area (Å²) in [5.41, 5.74) is 10.8. The molecule has 0 saturated carbocycles. The van der Waals surface area contributed by atoms with Gasteiger partial charge in [-0.05, 0) is 75.4 Å². The monoisotopic (exact) mass is 744 g/mol. The van der Waals surface area contributed by atoms with E-state index in [9.17, 15) is 38.7 Å². The van der Waals surface area contributed by atoms with Crippen molar-refractivity contribution < 1.29 is 38.7 Å². The maximum atomic E-state index is 13.5. The van der Waals surface area contributed by atoms with Crippen molar-refractivity contribution in [2.75, 3.05) is 56.7 Å². The number of nitrogens with one attached hydrogen (secondary N) is 6. The molecule has 0 aromatic heterocycles. The molecule has 50 heavy (non-hydrogen) atoms. The van der Waals surface area contributed by atoms with E-state index in [1.807, 2.05) is 12.5 Å². The van der Waals surface area contributed by atoms with Crippen molar-refractivity contribution in [1.82, 2.24) is 36.4 Å². The molecule has 6 amide bonds. The number of hydrogen-bond acceptors (Lipinski definition) is 11. The number of aliphatic carboxylic acids is 1. The standard InChI is InChI=1S/C30H52N10O8S2/c1-49-14-9-19(37-27(45)21-7-4-12-39(21)23(41)16-31)25(43)35-17-24(42)40-13-5-8-22(40)28(46)36-18(6-3-11-34-30(32)33)26(44)38-20(29(47)48)10-15-50-2/h18-22H,3-17,31H2,1-2H3,(H,35,43)(H,36,46)(H,37,45)(H,38,44)(H,47,48)(H4,32,33,34)/t18-,19-,20-,21-,22-/m0/s1. The number of guanidine groups is 1. The summed E-state index contributed by atoms with van der Waals surface area (Å²) < 4.78 is 0. The molecule has 11 N–H and O–H groups in total. The van der Waals surface area contributed by atoms with Crippen LogP contribution in [-0.2, 0) is 33.6 Å². The second-order valence-corrected chi connectivity index (χ2v) is 14.0. The maximum Gasteiger partial charge on any atom is 0.326 e. The molecule has 18 nitrogen and oxygen atoms in total. The van der Waals surface area contributed by atoms with Crippen LogP contribution in [0.4, 0.5) is 0 Å². The topological polar surface area (TPSA) is 282 Å². The number of rotatable bonds is 21. The summed E-state index contributed by atoms with van der Waals surface area (Å²) in [5.74, 6) is -3.66. The third-order valence-corrected chi connectivity index (χ3v) is 9.71. The van der Waals surface area contributed by atoms with Crippen LogP contribution in [-0.4, -0.2) is 149 Å². The first kappa shape index (κ1) is 42.4. The molecule has 0 spiro atoms. The first-order valence-corrected chi connectivity index (χ1v) is 19.4. The first-order chi connectivity index (χ1) is 23.8. The molecule has 2 saturated heterocycles. The summed E-state index contributed by atoms with van der Waals surface area (Å²) in [6.07, 6.45) is 6.43. The molecule has 20 heteroatoms. The average Bonchev–Trinajstić information content (AvgIpc) is 3.79. The fraction of sp³-hybridized carbons (Fsp3) is 0.733. The number of carbonyl (C=O) groups is 7. The second-order valence-electron chi connectivity index (χ2n) is 12.0. The molecule has 0 unspecified atom stereocenters. The van der Waals surface area contributed by atoms with E-state index in [0.717, 1.165) is 0 Å². The third kappa shape index (κ3) is 13.5. The number of carbonyl (C=O) groups excluding carboxylic acids is 6. The van der Waals surface area contributed by atoms with Crippen molar-refractivity contribution in [2.24, 2.45) is 11.5 Å². The molecule has 5 atom stereocenters. The lowest BCUT2D eigenvalue weighted by Gasteiger charge is -2.28. The number of carboxylic acids is 1. The van der Waals surface area contributed by atoms with Crippen LogP contribution < -0.4 is 38.1 Å². The zero-order valence-corrected chi connectivity index (χ0v) is 30.3. The van der Waals surface area contributed by atoms with Crippen molar-refractivity contribution >= 4 is 70.9 Å². The van der Waals surface area contributed by atoms with Crippen molar-refractivity contribution in [3.63, 3.8) is 0 Å². The predicted molar refractivity (Wildman–Crippen MR) is 190 cm³/mol. The number of nitrogens with two attached hydrogens (primary N) is 2. The Morgan fingerprint density at radius 3 is 1.80 bits per heavy atom. The Hall–Kier alpha value is -3.78. The largest absolute Gasteiger partial charge is 0.480 e. The molecule has 0 aromatic rings. The van der Waals surface area contributed by atoms with Gasteiger partial charge in [-0.25, -0.2) is 4.79 Å². The molecule has 2 heterocycles. The highest BCUT2D eigenvalue weighted by Crippen LogP contribution is 2.19. The lowest BCUT2D eigenvalue weighted by molar-refractivity contribution is -0.143. The number of likely N-dealkylation sites (tertiary alicyclic amines) is 2. The van der Waals surface area contributed by atoms with Crippen LogP contribution in [0.1, 0.15) is 51.4 Å². The van der Waals surface area contributed by atoms with Gasteiger partial charge in [-0.1, -0.05) is 0 Å². The van der Waals surface area contributed by atoms with Crippen LogP contribution in [0.25, 0.3) is 0 Å². The zero-order chi connectivity index (χ0) is 37.2. The Kier molecular flexibility index (Phi) is 18.8. The Morgan fingerprint density at radius 1 is 0.780 bits per heavy atom. The summed E-state index contributed by atoms with van der Waals surface area (Å²) in [7, 11) is 0. The minimum absolute atomic E-state index is 0.103. The van der Waals surface area contributed by atoms with Crippen LogP contribution in [0.15, 0.2) is 0 Å². The zero-order valence-electron chi connectivity index (χ0n) is 28.7. The van der Waals surface area contributed by atoms with Gasteiger partial charge in [0.15, 0.2) is 5.96 Å². The SMILES string of the molecule is CSCC[C@H](NC(=O)[C@H](CCCNC(=N)N)NC(=O)[C@@H]1CCCN1C(=O)CNC(=O)[C@H](CCSC)NC(=O)[C@@H]1CCCN1C(=O)CN)C(=O)O. The van der Waals surface area contributed by atoms with Gasteiger partial charge in [-0.2, -0.15) is 23.5 Å². The lowest BCUT2D eigenvalue weighted by Crippen LogP contribution is -2.57. The molecule has 2 rings (SSSR count). The summed E-state index contributed by atoms with van der Waals surface area (Å²) in [6.45, 7) is 0.208. The Bertz CT molecular complexity index is 1230. The highest BCUT2D eigenvalue weighted by Gasteiger charge is 2.38. The van der Waals surface area contributed by atoms with Gasteiger partial charge >= 0.3 is 5.97 Å². The summed E-state index contributed by atoms with van der Waals surface area (Å²) in [6, 6.07) is -4.91. The first-order valence-electron chi connectivity index (χ1n) is 16.6. The molecule has 2 aliphatic rings. The highest BCUT2D eigenvalue weighted by molar-refractivity contribution is 7.98. The van der Waals surface area contributed by atoms with Crippen molar-refractivity contribution in [3.05, 3.63) is 0 Å². The number of thioether (sulfide) groups is 2. The Morgan fingerprint density at radius 2 is 1.30 bits per heavy atom. The van der Waals surface area contributed by atoms with E-state index in [1.165, 1.54) is 33.3 Å². The van der Waals surface area contributed by atoms with Gasteiger partial charge in [-0.3, -0.25) is 34.2 Å². The van der Waals surface area contributed by atoms with E-state index in [2.05, 4.69) is 26.6 Å². The van der Waals surface area contributed by atoms with Crippen LogP contribution in [0, 0.1) is 5.41 Å². The van der Waals surface area contributed by atoms with Crippen LogP contribution in [0.5, 0.6) is 0 Å². The van der Waals surface area contributed by atoms with E-state index >= 15 is 0 Å². The molecule has 2 fully saturated rings. The van der Waals surface area contributed by atoms with Gasteiger partial charge in [0, 0.05) is 19.6 Å². The van der Waals surface area contributed by atoms with Crippen LogP contribution >= 0.6 is 23.5 Å². The van der Waals surface area contributed by atoms with E-state index < -0.39 is 72.3 Å². The number of hydrogen-bond donors (Lipinski definition) is 9. The van der Waals surface area contributed by atoms with Gasteiger partial charge < -0.3 is 53.0 Å². The van der Waals surface area contributed by atoms with Crippen molar-refractivity contribution in [3.8, 4) is 0 Å². The second kappa shape index (κ2) is 22.1.